The summed E-state index contributed by atoms with van der Waals surface area (Å²) in [7, 11) is -3.49. The average molecular weight is 363 g/mol. The molecule has 2 aliphatic rings. The minimum Gasteiger partial charge on any atom is -0.263 e. The maximum atomic E-state index is 13.3. The highest BCUT2D eigenvalue weighted by molar-refractivity contribution is 7.92. The van der Waals surface area contributed by atoms with E-state index < -0.39 is 27.2 Å². The van der Waals surface area contributed by atoms with Crippen LogP contribution in [0.5, 0.6) is 0 Å². The van der Waals surface area contributed by atoms with E-state index >= 15 is 0 Å². The van der Waals surface area contributed by atoms with Crippen molar-refractivity contribution in [3.8, 4) is 0 Å². The van der Waals surface area contributed by atoms with E-state index in [-0.39, 0.29) is 0 Å². The second-order valence-electron chi connectivity index (χ2n) is 6.59. The van der Waals surface area contributed by atoms with Gasteiger partial charge in [0.05, 0.1) is 10.6 Å². The van der Waals surface area contributed by atoms with Gasteiger partial charge in [-0.15, -0.1) is 0 Å². The number of anilines is 1. The predicted octanol–water partition coefficient (Wildman–Crippen LogP) is 4.08. The lowest BCUT2D eigenvalue weighted by atomic mass is 9.97. The maximum Gasteiger partial charge on any atom is 0.187 e. The fraction of sp³-hybridized carbons (Fsp3) is 0.143. The molecule has 130 valence electrons. The molecule has 0 aromatic heterocycles. The molecule has 0 spiro atoms. The number of para-hydroxylation sites is 1. The zero-order valence-corrected chi connectivity index (χ0v) is 14.7. The fourth-order valence-electron chi connectivity index (χ4n) is 4.01. The molecule has 1 saturated heterocycles. The van der Waals surface area contributed by atoms with Gasteiger partial charge in [-0.1, -0.05) is 66.7 Å². The number of benzene rings is 3. The molecule has 5 rings (SSSR count). The normalized spacial score (nSPS) is 25.7. The van der Waals surface area contributed by atoms with Crippen LogP contribution in [0.25, 0.3) is 0 Å². The number of nitrogens with zero attached hydrogens (tertiary/aromatic N) is 1. The van der Waals surface area contributed by atoms with Crippen LogP contribution in [0.15, 0.2) is 89.8 Å². The van der Waals surface area contributed by atoms with Gasteiger partial charge >= 0.3 is 0 Å². The standard InChI is InChI=1S/C21H17NO3S/c23-26(24)18-14-8-7-13-17(18)20-21(26)19(15-9-3-1-4-10-15)22(25-20)16-11-5-2-6-12-16/h1-14,19-21H. The molecule has 4 nitrogen and oxygen atoms in total. The number of hydrogen-bond donors (Lipinski definition) is 0. The van der Waals surface area contributed by atoms with Gasteiger partial charge in [0.15, 0.2) is 9.84 Å². The van der Waals surface area contributed by atoms with Crippen molar-refractivity contribution in [1.82, 2.24) is 0 Å². The van der Waals surface area contributed by atoms with Crippen molar-refractivity contribution in [2.24, 2.45) is 0 Å². The third-order valence-corrected chi connectivity index (χ3v) is 7.34. The summed E-state index contributed by atoms with van der Waals surface area (Å²) in [6, 6.07) is 26.2. The van der Waals surface area contributed by atoms with E-state index in [9.17, 15) is 8.42 Å². The summed E-state index contributed by atoms with van der Waals surface area (Å²) in [4.78, 5) is 6.65. The van der Waals surface area contributed by atoms with Gasteiger partial charge in [-0.3, -0.25) is 4.84 Å². The molecule has 0 N–H and O–H groups in total. The van der Waals surface area contributed by atoms with E-state index in [2.05, 4.69) is 0 Å². The first kappa shape index (κ1) is 15.6. The van der Waals surface area contributed by atoms with Gasteiger partial charge in [-0.05, 0) is 23.8 Å². The lowest BCUT2D eigenvalue weighted by Crippen LogP contribution is -2.30. The van der Waals surface area contributed by atoms with Gasteiger partial charge in [0.25, 0.3) is 0 Å². The van der Waals surface area contributed by atoms with Crippen molar-refractivity contribution in [1.29, 1.82) is 0 Å². The summed E-state index contributed by atoms with van der Waals surface area (Å²) in [6.45, 7) is 0. The summed E-state index contributed by atoms with van der Waals surface area (Å²) in [5, 5.41) is 1.10. The molecule has 0 amide bonds. The topological polar surface area (TPSA) is 46.6 Å². The second kappa shape index (κ2) is 5.69. The van der Waals surface area contributed by atoms with Crippen molar-refractivity contribution in [2.45, 2.75) is 22.3 Å². The van der Waals surface area contributed by atoms with Crippen molar-refractivity contribution >= 4 is 15.5 Å². The molecule has 0 radical (unpaired) electrons. The van der Waals surface area contributed by atoms with Crippen molar-refractivity contribution in [3.05, 3.63) is 96.1 Å². The van der Waals surface area contributed by atoms with Gasteiger partial charge in [-0.2, -0.15) is 0 Å². The monoisotopic (exact) mass is 363 g/mol. The van der Waals surface area contributed by atoms with Crippen LogP contribution < -0.4 is 5.06 Å². The first-order chi connectivity index (χ1) is 12.7. The maximum absolute atomic E-state index is 13.3. The summed E-state index contributed by atoms with van der Waals surface area (Å²) >= 11 is 0. The summed E-state index contributed by atoms with van der Waals surface area (Å²) in [6.07, 6.45) is -0.499. The van der Waals surface area contributed by atoms with Crippen LogP contribution in [0.4, 0.5) is 5.69 Å². The molecular weight excluding hydrogens is 346 g/mol. The number of fused-ring (bicyclic) bond motifs is 3. The molecule has 3 aromatic carbocycles. The predicted molar refractivity (Wildman–Crippen MR) is 99.3 cm³/mol. The zero-order valence-electron chi connectivity index (χ0n) is 13.9. The van der Waals surface area contributed by atoms with Gasteiger partial charge in [0.1, 0.15) is 17.4 Å². The molecule has 3 unspecified atom stereocenters. The van der Waals surface area contributed by atoms with E-state index in [1.54, 1.807) is 17.2 Å². The highest BCUT2D eigenvalue weighted by Crippen LogP contribution is 2.54. The Hall–Kier alpha value is -2.63. The molecule has 3 aromatic rings. The van der Waals surface area contributed by atoms with Gasteiger partial charge in [-0.25, -0.2) is 13.5 Å². The Labute approximate surface area is 152 Å². The van der Waals surface area contributed by atoms with Crippen LogP contribution in [0.2, 0.25) is 0 Å². The third kappa shape index (κ3) is 2.14. The van der Waals surface area contributed by atoms with E-state index in [1.165, 1.54) is 0 Å². The van der Waals surface area contributed by atoms with Crippen LogP contribution >= 0.6 is 0 Å². The summed E-state index contributed by atoms with van der Waals surface area (Å²) in [5.41, 5.74) is 2.53. The molecule has 0 saturated carbocycles. The molecule has 26 heavy (non-hydrogen) atoms. The van der Waals surface area contributed by atoms with Gasteiger partial charge in [0, 0.05) is 5.56 Å². The number of hydrogen-bond acceptors (Lipinski definition) is 4. The van der Waals surface area contributed by atoms with E-state index in [4.69, 9.17) is 4.84 Å². The van der Waals surface area contributed by atoms with Gasteiger partial charge in [0.2, 0.25) is 0 Å². The molecule has 2 heterocycles. The molecule has 3 atom stereocenters. The molecule has 2 aliphatic heterocycles. The quantitative estimate of drug-likeness (QED) is 0.688. The number of rotatable bonds is 2. The van der Waals surface area contributed by atoms with Crippen molar-refractivity contribution < 1.29 is 13.3 Å². The highest BCUT2D eigenvalue weighted by Gasteiger charge is 2.57. The van der Waals surface area contributed by atoms with Crippen LogP contribution in [0, 0.1) is 0 Å². The average Bonchev–Trinajstić information content (AvgIpc) is 3.19. The van der Waals surface area contributed by atoms with Crippen molar-refractivity contribution in [2.75, 3.05) is 5.06 Å². The van der Waals surface area contributed by atoms with Crippen LogP contribution in [0.3, 0.4) is 0 Å². The van der Waals surface area contributed by atoms with E-state index in [1.807, 2.05) is 72.8 Å². The first-order valence-corrected chi connectivity index (χ1v) is 10.1. The van der Waals surface area contributed by atoms with Crippen LogP contribution in [-0.4, -0.2) is 13.7 Å². The Balaban J connectivity index is 1.71. The summed E-state index contributed by atoms with van der Waals surface area (Å²) < 4.78 is 26.6. The first-order valence-electron chi connectivity index (χ1n) is 8.57. The van der Waals surface area contributed by atoms with E-state index in [0.29, 0.717) is 4.90 Å². The highest BCUT2D eigenvalue weighted by atomic mass is 32.2. The lowest BCUT2D eigenvalue weighted by molar-refractivity contribution is 0.0849. The van der Waals surface area contributed by atoms with Crippen LogP contribution in [-0.2, 0) is 14.7 Å². The molecule has 0 bridgehead atoms. The smallest absolute Gasteiger partial charge is 0.187 e. The molecular formula is C21H17NO3S. The Morgan fingerprint density at radius 3 is 2.12 bits per heavy atom. The Morgan fingerprint density at radius 2 is 1.38 bits per heavy atom. The molecule has 1 fully saturated rings. The van der Waals surface area contributed by atoms with Gasteiger partial charge < -0.3 is 0 Å². The number of hydroxylamine groups is 1. The minimum atomic E-state index is -3.49. The summed E-state index contributed by atoms with van der Waals surface area (Å²) in [5.74, 6) is 0. The Morgan fingerprint density at radius 1 is 0.769 bits per heavy atom. The Kier molecular flexibility index (Phi) is 3.42. The minimum absolute atomic E-state index is 0.392. The fourth-order valence-corrected chi connectivity index (χ4v) is 6.21. The van der Waals surface area contributed by atoms with E-state index in [0.717, 1.165) is 16.8 Å². The largest absolute Gasteiger partial charge is 0.263 e. The van der Waals surface area contributed by atoms with Crippen LogP contribution in [0.1, 0.15) is 23.3 Å². The zero-order chi connectivity index (χ0) is 17.7. The van der Waals surface area contributed by atoms with Crippen molar-refractivity contribution in [3.63, 3.8) is 0 Å². The molecule has 5 heteroatoms. The SMILES string of the molecule is O=S1(=O)c2ccccc2C2ON(c3ccccc3)C(c3ccccc3)C21. The number of sulfone groups is 1. The lowest BCUT2D eigenvalue weighted by Gasteiger charge is -2.27. The second-order valence-corrected chi connectivity index (χ2v) is 8.66. The third-order valence-electron chi connectivity index (χ3n) is 5.13. The molecule has 0 aliphatic carbocycles. The Bertz CT molecular complexity index is 1050.